The molecule has 108 valence electrons. The SMILES string of the molecule is CC(C)(C)CC1(C(O)OC(C)(C)C)C(F)C1(C)C. The third-order valence-electron chi connectivity index (χ3n) is 3.93. The number of rotatable bonds is 3. The standard InChI is InChI=1S/C15H29FO2/c1-12(2,3)9-15(10(16)14(15,7)8)11(17)18-13(4,5)6/h10-11,17H,9H2,1-8H3. The molecule has 0 aromatic heterocycles. The summed E-state index contributed by atoms with van der Waals surface area (Å²) < 4.78 is 20.0. The normalized spacial score (nSPS) is 33.3. The Kier molecular flexibility index (Phi) is 3.69. The first-order valence-corrected chi connectivity index (χ1v) is 6.74. The van der Waals surface area contributed by atoms with Crippen LogP contribution in [0.1, 0.15) is 61.8 Å². The predicted octanol–water partition coefficient (Wildman–Crippen LogP) is 3.92. The summed E-state index contributed by atoms with van der Waals surface area (Å²) in [6.45, 7) is 15.6. The molecule has 2 nitrogen and oxygen atoms in total. The lowest BCUT2D eigenvalue weighted by Crippen LogP contribution is -2.39. The van der Waals surface area contributed by atoms with Gasteiger partial charge in [-0.1, -0.05) is 34.6 Å². The predicted molar refractivity (Wildman–Crippen MR) is 72.0 cm³/mol. The molecule has 0 aliphatic heterocycles. The molecular formula is C15H29FO2. The third-order valence-corrected chi connectivity index (χ3v) is 3.93. The molecule has 1 saturated carbocycles. The Balaban J connectivity index is 2.96. The van der Waals surface area contributed by atoms with Crippen LogP contribution in [0, 0.1) is 16.2 Å². The topological polar surface area (TPSA) is 29.5 Å². The number of ether oxygens (including phenoxy) is 1. The molecule has 3 atom stereocenters. The van der Waals surface area contributed by atoms with Crippen molar-refractivity contribution in [2.75, 3.05) is 0 Å². The first kappa shape index (κ1) is 15.9. The van der Waals surface area contributed by atoms with Crippen LogP contribution in [0.2, 0.25) is 0 Å². The van der Waals surface area contributed by atoms with E-state index in [0.29, 0.717) is 6.42 Å². The minimum atomic E-state index is -1.05. The quantitative estimate of drug-likeness (QED) is 0.779. The Hall–Kier alpha value is -0.150. The van der Waals surface area contributed by atoms with Crippen LogP contribution in [0.15, 0.2) is 0 Å². The molecule has 1 rings (SSSR count). The summed E-state index contributed by atoms with van der Waals surface area (Å²) in [5.74, 6) is 0. The zero-order valence-corrected chi connectivity index (χ0v) is 13.1. The van der Waals surface area contributed by atoms with Crippen LogP contribution in [0.25, 0.3) is 0 Å². The summed E-state index contributed by atoms with van der Waals surface area (Å²) in [6, 6.07) is 0. The lowest BCUT2D eigenvalue weighted by molar-refractivity contribution is -0.214. The smallest absolute Gasteiger partial charge is 0.164 e. The van der Waals surface area contributed by atoms with E-state index in [9.17, 15) is 9.50 Å². The summed E-state index contributed by atoms with van der Waals surface area (Å²) in [7, 11) is 0. The van der Waals surface area contributed by atoms with Gasteiger partial charge in [0.15, 0.2) is 6.29 Å². The largest absolute Gasteiger partial charge is 0.367 e. The van der Waals surface area contributed by atoms with E-state index in [1.807, 2.05) is 34.6 Å². The number of aliphatic hydroxyl groups excluding tert-OH is 1. The highest BCUT2D eigenvalue weighted by atomic mass is 19.1. The molecule has 18 heavy (non-hydrogen) atoms. The van der Waals surface area contributed by atoms with Gasteiger partial charge in [0.05, 0.1) is 11.0 Å². The molecule has 0 heterocycles. The van der Waals surface area contributed by atoms with Crippen LogP contribution >= 0.6 is 0 Å². The van der Waals surface area contributed by atoms with E-state index < -0.39 is 28.9 Å². The summed E-state index contributed by atoms with van der Waals surface area (Å²) in [4.78, 5) is 0. The molecule has 3 unspecified atom stereocenters. The van der Waals surface area contributed by atoms with E-state index in [4.69, 9.17) is 4.74 Å². The van der Waals surface area contributed by atoms with Crippen molar-refractivity contribution in [3.05, 3.63) is 0 Å². The number of hydrogen-bond donors (Lipinski definition) is 1. The van der Waals surface area contributed by atoms with Crippen molar-refractivity contribution in [3.63, 3.8) is 0 Å². The van der Waals surface area contributed by atoms with Crippen molar-refractivity contribution in [1.29, 1.82) is 0 Å². The van der Waals surface area contributed by atoms with Gasteiger partial charge in [0.2, 0.25) is 0 Å². The van der Waals surface area contributed by atoms with Gasteiger partial charge in [-0.15, -0.1) is 0 Å². The molecule has 0 aromatic carbocycles. The molecule has 1 aliphatic carbocycles. The molecular weight excluding hydrogens is 231 g/mol. The van der Waals surface area contributed by atoms with Crippen molar-refractivity contribution < 1.29 is 14.2 Å². The fraction of sp³-hybridized carbons (Fsp3) is 1.00. The highest BCUT2D eigenvalue weighted by molar-refractivity contribution is 5.21. The van der Waals surface area contributed by atoms with Gasteiger partial charge in [-0.25, -0.2) is 4.39 Å². The van der Waals surface area contributed by atoms with Gasteiger partial charge in [0.25, 0.3) is 0 Å². The minimum absolute atomic E-state index is 0.0413. The third kappa shape index (κ3) is 2.72. The summed E-state index contributed by atoms with van der Waals surface area (Å²) in [5.41, 5.74) is -1.81. The highest BCUT2D eigenvalue weighted by Gasteiger charge is 2.77. The molecule has 3 heteroatoms. The van der Waals surface area contributed by atoms with E-state index in [-0.39, 0.29) is 5.41 Å². The maximum Gasteiger partial charge on any atom is 0.164 e. The first-order chi connectivity index (χ1) is 7.74. The van der Waals surface area contributed by atoms with Crippen LogP contribution in [-0.4, -0.2) is 23.2 Å². The maximum atomic E-state index is 14.3. The van der Waals surface area contributed by atoms with Gasteiger partial charge >= 0.3 is 0 Å². The van der Waals surface area contributed by atoms with Crippen molar-refractivity contribution in [2.45, 2.75) is 79.9 Å². The van der Waals surface area contributed by atoms with Gasteiger partial charge in [-0.3, -0.25) is 0 Å². The van der Waals surface area contributed by atoms with Gasteiger partial charge in [-0.2, -0.15) is 0 Å². The Morgan fingerprint density at radius 3 is 1.78 bits per heavy atom. The van der Waals surface area contributed by atoms with Crippen LogP contribution in [0.5, 0.6) is 0 Å². The Morgan fingerprint density at radius 1 is 1.17 bits per heavy atom. The minimum Gasteiger partial charge on any atom is -0.367 e. The van der Waals surface area contributed by atoms with E-state index in [1.54, 1.807) is 0 Å². The van der Waals surface area contributed by atoms with Crippen molar-refractivity contribution in [1.82, 2.24) is 0 Å². The zero-order valence-electron chi connectivity index (χ0n) is 13.1. The maximum absolute atomic E-state index is 14.3. The second-order valence-electron chi connectivity index (χ2n) is 8.44. The van der Waals surface area contributed by atoms with E-state index in [1.165, 1.54) is 0 Å². The van der Waals surface area contributed by atoms with E-state index in [2.05, 4.69) is 20.8 Å². The second kappa shape index (κ2) is 4.17. The van der Waals surface area contributed by atoms with Crippen molar-refractivity contribution in [3.8, 4) is 0 Å². The molecule has 0 bridgehead atoms. The average molecular weight is 260 g/mol. The van der Waals surface area contributed by atoms with Gasteiger partial charge in [-0.05, 0) is 32.6 Å². The number of halogens is 1. The summed E-state index contributed by atoms with van der Waals surface area (Å²) in [5, 5.41) is 10.4. The molecule has 0 saturated heterocycles. The lowest BCUT2D eigenvalue weighted by Gasteiger charge is -2.35. The summed E-state index contributed by atoms with van der Waals surface area (Å²) >= 11 is 0. The van der Waals surface area contributed by atoms with Crippen LogP contribution < -0.4 is 0 Å². The molecule has 1 N–H and O–H groups in total. The second-order valence-corrected chi connectivity index (χ2v) is 8.44. The molecule has 0 amide bonds. The van der Waals surface area contributed by atoms with Crippen LogP contribution in [0.4, 0.5) is 4.39 Å². The number of hydrogen-bond acceptors (Lipinski definition) is 2. The van der Waals surface area contributed by atoms with Gasteiger partial charge in [0, 0.05) is 5.41 Å². The highest BCUT2D eigenvalue weighted by Crippen LogP contribution is 2.71. The molecule has 0 radical (unpaired) electrons. The summed E-state index contributed by atoms with van der Waals surface area (Å²) in [6.07, 6.45) is -1.45. The van der Waals surface area contributed by atoms with E-state index in [0.717, 1.165) is 0 Å². The molecule has 1 fully saturated rings. The Morgan fingerprint density at radius 2 is 1.56 bits per heavy atom. The molecule has 0 aromatic rings. The first-order valence-electron chi connectivity index (χ1n) is 6.74. The van der Waals surface area contributed by atoms with Crippen LogP contribution in [-0.2, 0) is 4.74 Å². The Labute approximate surface area is 111 Å². The fourth-order valence-corrected chi connectivity index (χ4v) is 2.98. The molecule has 1 aliphatic rings. The van der Waals surface area contributed by atoms with E-state index >= 15 is 0 Å². The number of aliphatic hydroxyl groups is 1. The molecule has 0 spiro atoms. The van der Waals surface area contributed by atoms with Gasteiger partial charge in [0.1, 0.15) is 6.17 Å². The van der Waals surface area contributed by atoms with Crippen molar-refractivity contribution in [2.24, 2.45) is 16.2 Å². The fourth-order valence-electron chi connectivity index (χ4n) is 2.98. The Bertz CT molecular complexity index is 311. The van der Waals surface area contributed by atoms with Crippen LogP contribution in [0.3, 0.4) is 0 Å². The van der Waals surface area contributed by atoms with Crippen molar-refractivity contribution >= 4 is 0 Å². The zero-order chi connectivity index (χ0) is 14.6. The van der Waals surface area contributed by atoms with Gasteiger partial charge < -0.3 is 9.84 Å². The monoisotopic (exact) mass is 260 g/mol. The number of alkyl halides is 1. The lowest BCUT2D eigenvalue weighted by atomic mass is 9.78. The average Bonchev–Trinajstić information content (AvgIpc) is 2.45.